The third-order valence-electron chi connectivity index (χ3n) is 4.42. The minimum Gasteiger partial charge on any atom is -0.452 e. The van der Waals surface area contributed by atoms with Crippen molar-refractivity contribution in [2.24, 2.45) is 0 Å². The van der Waals surface area contributed by atoms with Gasteiger partial charge in [0, 0.05) is 18.8 Å². The van der Waals surface area contributed by atoms with Crippen molar-refractivity contribution in [1.82, 2.24) is 20.1 Å². The van der Waals surface area contributed by atoms with Crippen LogP contribution in [0.25, 0.3) is 0 Å². The molecule has 0 unspecified atom stereocenters. The lowest BCUT2D eigenvalue weighted by molar-refractivity contribution is 0.178. The Morgan fingerprint density at radius 3 is 2.96 bits per heavy atom. The number of methoxy groups -OCH3 is 1. The van der Waals surface area contributed by atoms with E-state index < -0.39 is 0 Å². The van der Waals surface area contributed by atoms with Crippen LogP contribution in [0.1, 0.15) is 31.2 Å². The number of aryl methyl sites for hydroxylation is 2. The molecule has 1 aromatic carbocycles. The van der Waals surface area contributed by atoms with E-state index in [-0.39, 0.29) is 12.1 Å². The fourth-order valence-corrected chi connectivity index (χ4v) is 3.15. The average molecular weight is 372 g/mol. The number of benzene rings is 1. The van der Waals surface area contributed by atoms with Gasteiger partial charge in [-0.15, -0.1) is 10.2 Å². The molecule has 1 aromatic heterocycles. The van der Waals surface area contributed by atoms with E-state index in [1.165, 1.54) is 7.11 Å². The Hall–Kier alpha value is -3.10. The van der Waals surface area contributed by atoms with Gasteiger partial charge < -0.3 is 19.9 Å². The minimum atomic E-state index is -0.370. The van der Waals surface area contributed by atoms with Crippen molar-refractivity contribution < 1.29 is 14.3 Å². The third kappa shape index (κ3) is 4.36. The number of carbonyl (C=O) groups excluding carboxylic acids is 2. The van der Waals surface area contributed by atoms with Gasteiger partial charge >= 0.3 is 12.1 Å². The Kier molecular flexibility index (Phi) is 5.90. The Morgan fingerprint density at radius 1 is 1.33 bits per heavy atom. The van der Waals surface area contributed by atoms with Crippen LogP contribution in [-0.4, -0.2) is 40.5 Å². The first-order valence-electron chi connectivity index (χ1n) is 9.02. The monoisotopic (exact) mass is 372 g/mol. The zero-order chi connectivity index (χ0) is 19.2. The summed E-state index contributed by atoms with van der Waals surface area (Å²) in [6, 6.07) is 5.18. The number of nitrogens with one attached hydrogen (secondary N) is 2. The summed E-state index contributed by atoms with van der Waals surface area (Å²) in [4.78, 5) is 25.7. The second kappa shape index (κ2) is 8.52. The van der Waals surface area contributed by atoms with E-state index in [0.29, 0.717) is 24.6 Å². The fourth-order valence-electron chi connectivity index (χ4n) is 3.15. The highest BCUT2D eigenvalue weighted by molar-refractivity contribution is 5.92. The molecule has 9 nitrogen and oxygen atoms in total. The van der Waals surface area contributed by atoms with Crippen LogP contribution >= 0.6 is 0 Å². The number of anilines is 2. The molecule has 0 bridgehead atoms. The maximum Gasteiger partial charge on any atom is 0.414 e. The summed E-state index contributed by atoms with van der Waals surface area (Å²) in [7, 11) is 1.37. The van der Waals surface area contributed by atoms with E-state index in [2.05, 4.69) is 27.8 Å². The quantitative estimate of drug-likeness (QED) is 0.840. The number of amides is 3. The Balaban J connectivity index is 1.61. The molecule has 1 aliphatic heterocycles. The van der Waals surface area contributed by atoms with Crippen molar-refractivity contribution in [2.75, 3.05) is 23.9 Å². The lowest BCUT2D eigenvalue weighted by Gasteiger charge is -2.28. The Bertz CT molecular complexity index is 819. The topological polar surface area (TPSA) is 101 Å². The molecule has 0 spiro atoms. The number of urea groups is 1. The summed E-state index contributed by atoms with van der Waals surface area (Å²) < 4.78 is 6.75. The number of ether oxygens (including phenoxy) is 1. The maximum atomic E-state index is 12.2. The second-order valence-electron chi connectivity index (χ2n) is 6.32. The van der Waals surface area contributed by atoms with Gasteiger partial charge in [-0.25, -0.2) is 9.59 Å². The normalized spacial score (nSPS) is 13.0. The lowest BCUT2D eigenvalue weighted by atomic mass is 10.0. The molecule has 2 heterocycles. The van der Waals surface area contributed by atoms with Crippen LogP contribution in [0.2, 0.25) is 0 Å². The second-order valence-corrected chi connectivity index (χ2v) is 6.32. The van der Waals surface area contributed by atoms with Crippen molar-refractivity contribution in [2.45, 2.75) is 39.3 Å². The maximum absolute atomic E-state index is 12.2. The third-order valence-corrected chi connectivity index (χ3v) is 4.42. The molecule has 144 valence electrons. The van der Waals surface area contributed by atoms with Crippen LogP contribution in [0.5, 0.6) is 0 Å². The molecular weight excluding hydrogens is 348 g/mol. The van der Waals surface area contributed by atoms with Crippen LogP contribution in [0, 0.1) is 0 Å². The first-order chi connectivity index (χ1) is 13.1. The van der Waals surface area contributed by atoms with E-state index in [1.807, 2.05) is 16.7 Å². The van der Waals surface area contributed by atoms with Gasteiger partial charge in [-0.3, -0.25) is 4.90 Å². The summed E-state index contributed by atoms with van der Waals surface area (Å²) in [6.07, 6.45) is 3.96. The van der Waals surface area contributed by atoms with Crippen molar-refractivity contribution in [3.8, 4) is 0 Å². The first-order valence-corrected chi connectivity index (χ1v) is 9.02. The molecule has 0 aliphatic carbocycles. The average Bonchev–Trinajstić information content (AvgIpc) is 3.12. The van der Waals surface area contributed by atoms with Crippen molar-refractivity contribution in [3.05, 3.63) is 35.9 Å². The summed E-state index contributed by atoms with van der Waals surface area (Å²) in [6.45, 7) is 3.81. The van der Waals surface area contributed by atoms with Crippen molar-refractivity contribution in [3.63, 3.8) is 0 Å². The zero-order valence-corrected chi connectivity index (χ0v) is 15.6. The molecule has 3 rings (SSSR count). The van der Waals surface area contributed by atoms with Gasteiger partial charge in [0.05, 0.1) is 19.3 Å². The number of carbonyl (C=O) groups is 2. The van der Waals surface area contributed by atoms with Gasteiger partial charge in [0.25, 0.3) is 0 Å². The molecular formula is C18H24N6O3. The molecule has 27 heavy (non-hydrogen) atoms. The molecule has 0 atom stereocenters. The number of hydrogen-bond acceptors (Lipinski definition) is 5. The molecule has 0 fully saturated rings. The van der Waals surface area contributed by atoms with E-state index in [4.69, 9.17) is 4.74 Å². The standard InChI is InChI=1S/C18H24N6O3/c1-3-8-23-12-20-22-16(23)11-19-17(25)21-14-6-7-15-13(10-14)5-4-9-24(15)18(26)27-2/h6-7,10,12H,3-5,8-9,11H2,1-2H3,(H2,19,21,25). The van der Waals surface area contributed by atoms with Crippen LogP contribution in [0.15, 0.2) is 24.5 Å². The smallest absolute Gasteiger partial charge is 0.414 e. The Labute approximate surface area is 157 Å². The van der Waals surface area contributed by atoms with E-state index in [9.17, 15) is 9.59 Å². The van der Waals surface area contributed by atoms with Gasteiger partial charge in [0.2, 0.25) is 0 Å². The molecule has 1 aliphatic rings. The zero-order valence-electron chi connectivity index (χ0n) is 15.6. The van der Waals surface area contributed by atoms with Gasteiger partial charge in [-0.05, 0) is 43.0 Å². The van der Waals surface area contributed by atoms with E-state index in [0.717, 1.165) is 37.1 Å². The van der Waals surface area contributed by atoms with Crippen molar-refractivity contribution >= 4 is 23.5 Å². The van der Waals surface area contributed by atoms with E-state index >= 15 is 0 Å². The Morgan fingerprint density at radius 2 is 2.19 bits per heavy atom. The summed E-state index contributed by atoms with van der Waals surface area (Å²) in [5.74, 6) is 0.714. The van der Waals surface area contributed by atoms with Gasteiger partial charge in [0.1, 0.15) is 6.33 Å². The van der Waals surface area contributed by atoms with Crippen LogP contribution in [-0.2, 0) is 24.2 Å². The lowest BCUT2D eigenvalue weighted by Crippen LogP contribution is -2.35. The predicted octanol–water partition coefficient (Wildman–Crippen LogP) is 2.53. The molecule has 0 saturated heterocycles. The molecule has 2 aromatic rings. The number of aromatic nitrogens is 3. The minimum absolute atomic E-state index is 0.299. The number of nitrogens with zero attached hydrogens (tertiary/aromatic N) is 4. The van der Waals surface area contributed by atoms with Crippen LogP contribution in [0.3, 0.4) is 0 Å². The SMILES string of the molecule is CCCn1cnnc1CNC(=O)Nc1ccc2c(c1)CCCN2C(=O)OC. The van der Waals surface area contributed by atoms with Crippen LogP contribution in [0.4, 0.5) is 21.0 Å². The molecule has 0 saturated carbocycles. The first kappa shape index (κ1) is 18.7. The fraction of sp³-hybridized carbons (Fsp3) is 0.444. The van der Waals surface area contributed by atoms with Gasteiger partial charge in [-0.1, -0.05) is 6.92 Å². The number of rotatable bonds is 5. The molecule has 9 heteroatoms. The van der Waals surface area contributed by atoms with Gasteiger partial charge in [-0.2, -0.15) is 0 Å². The highest BCUT2D eigenvalue weighted by atomic mass is 16.5. The molecule has 0 radical (unpaired) electrons. The predicted molar refractivity (Wildman–Crippen MR) is 101 cm³/mol. The van der Waals surface area contributed by atoms with E-state index in [1.54, 1.807) is 17.3 Å². The number of fused-ring (bicyclic) bond motifs is 1. The highest BCUT2D eigenvalue weighted by Gasteiger charge is 2.23. The largest absolute Gasteiger partial charge is 0.452 e. The van der Waals surface area contributed by atoms with Crippen molar-refractivity contribution in [1.29, 1.82) is 0 Å². The highest BCUT2D eigenvalue weighted by Crippen LogP contribution is 2.30. The summed E-state index contributed by atoms with van der Waals surface area (Å²) >= 11 is 0. The summed E-state index contributed by atoms with van der Waals surface area (Å²) in [5.41, 5.74) is 2.51. The van der Waals surface area contributed by atoms with Crippen LogP contribution < -0.4 is 15.5 Å². The molecule has 2 N–H and O–H groups in total. The summed E-state index contributed by atoms with van der Waals surface area (Å²) in [5, 5.41) is 13.5. The molecule has 3 amide bonds. The number of hydrogen-bond donors (Lipinski definition) is 2. The van der Waals surface area contributed by atoms with Gasteiger partial charge in [0.15, 0.2) is 5.82 Å².